The Morgan fingerprint density at radius 1 is 0.667 bits per heavy atom. The van der Waals surface area contributed by atoms with E-state index in [1.54, 1.807) is 12.4 Å². The standard InChI is InChI=1S/C26H17N3.Pt/c1-2-12-23-22(11-1)25(29-26(23)18-21-10-3-5-14-27-21)17-19-8-7-9-20(16-19)24-13-4-6-15-28-24;/h1-15,17-18H;/q-2;+2/b25-17-,26-18-;. The summed E-state index contributed by atoms with van der Waals surface area (Å²) in [4.78, 5) is 13.7. The fourth-order valence-electron chi connectivity index (χ4n) is 3.39. The van der Waals surface area contributed by atoms with Crippen LogP contribution in [0.5, 0.6) is 0 Å². The maximum Gasteiger partial charge on any atom is 2.00 e. The van der Waals surface area contributed by atoms with Gasteiger partial charge in [-0.05, 0) is 29.0 Å². The van der Waals surface area contributed by atoms with E-state index < -0.39 is 0 Å². The molecule has 0 amide bonds. The fourth-order valence-corrected chi connectivity index (χ4v) is 3.39. The first kappa shape index (κ1) is 20.0. The van der Waals surface area contributed by atoms with Gasteiger partial charge in [0, 0.05) is 18.1 Å². The number of nitrogens with zero attached hydrogens (tertiary/aromatic N) is 3. The minimum Gasteiger partial charge on any atom is -0.663 e. The summed E-state index contributed by atoms with van der Waals surface area (Å²) >= 11 is 0. The number of fused-ring (bicyclic) bond motifs is 1. The van der Waals surface area contributed by atoms with E-state index in [0.717, 1.165) is 44.0 Å². The zero-order chi connectivity index (χ0) is 19.5. The minimum absolute atomic E-state index is 0. The van der Waals surface area contributed by atoms with Gasteiger partial charge in [-0.3, -0.25) is 9.97 Å². The Morgan fingerprint density at radius 3 is 2.07 bits per heavy atom. The molecule has 0 unspecified atom stereocenters. The monoisotopic (exact) mass is 566 g/mol. The first-order chi connectivity index (χ1) is 14.4. The van der Waals surface area contributed by atoms with Crippen LogP contribution in [0.1, 0.15) is 11.3 Å². The van der Waals surface area contributed by atoms with Crippen molar-refractivity contribution < 1.29 is 21.1 Å². The summed E-state index contributed by atoms with van der Waals surface area (Å²) in [5, 5.41) is 4.08. The van der Waals surface area contributed by atoms with Crippen LogP contribution >= 0.6 is 0 Å². The zero-order valence-electron chi connectivity index (χ0n) is 16.0. The summed E-state index contributed by atoms with van der Waals surface area (Å²) in [7, 11) is 0. The van der Waals surface area contributed by atoms with Gasteiger partial charge in [-0.15, -0.1) is 41.3 Å². The molecule has 146 valence electrons. The molecule has 3 nitrogen and oxygen atoms in total. The van der Waals surface area contributed by atoms with Crippen molar-refractivity contribution in [3.63, 3.8) is 0 Å². The van der Waals surface area contributed by atoms with Gasteiger partial charge in [0.25, 0.3) is 0 Å². The largest absolute Gasteiger partial charge is 2.00 e. The molecule has 3 aromatic heterocycles. The molecule has 0 aliphatic heterocycles. The van der Waals surface area contributed by atoms with Gasteiger partial charge in [0.15, 0.2) is 0 Å². The topological polar surface area (TPSA) is 39.9 Å². The molecule has 4 heteroatoms. The van der Waals surface area contributed by atoms with E-state index >= 15 is 0 Å². The summed E-state index contributed by atoms with van der Waals surface area (Å²) in [6.45, 7) is 0. The maximum absolute atomic E-state index is 4.90. The van der Waals surface area contributed by atoms with Crippen LogP contribution in [0.2, 0.25) is 0 Å². The zero-order valence-corrected chi connectivity index (χ0v) is 18.2. The first-order valence-corrected chi connectivity index (χ1v) is 9.46. The van der Waals surface area contributed by atoms with E-state index in [0.29, 0.717) is 0 Å². The molecule has 0 bridgehead atoms. The molecule has 0 saturated heterocycles. The third-order valence-corrected chi connectivity index (χ3v) is 4.74. The average Bonchev–Trinajstić information content (AvgIpc) is 3.12. The molecule has 0 aliphatic carbocycles. The summed E-state index contributed by atoms with van der Waals surface area (Å²) in [5.74, 6) is 0. The first-order valence-electron chi connectivity index (χ1n) is 9.46. The summed E-state index contributed by atoms with van der Waals surface area (Å²) in [5.41, 5.74) is 3.74. The van der Waals surface area contributed by atoms with Gasteiger partial charge in [-0.1, -0.05) is 54.1 Å². The van der Waals surface area contributed by atoms with E-state index in [4.69, 9.17) is 4.98 Å². The molecule has 0 radical (unpaired) electrons. The van der Waals surface area contributed by atoms with Crippen LogP contribution in [0.15, 0.2) is 91.3 Å². The number of hydrogen-bond acceptors (Lipinski definition) is 2. The molecule has 3 heterocycles. The van der Waals surface area contributed by atoms with Crippen LogP contribution in [0.3, 0.4) is 0 Å². The number of benzene rings is 2. The normalized spacial score (nSPS) is 12.1. The predicted molar refractivity (Wildman–Crippen MR) is 116 cm³/mol. The van der Waals surface area contributed by atoms with Crippen molar-refractivity contribution in [2.24, 2.45) is 0 Å². The summed E-state index contributed by atoms with van der Waals surface area (Å²) < 4.78 is 0. The molecule has 5 aromatic rings. The third-order valence-electron chi connectivity index (χ3n) is 4.74. The van der Waals surface area contributed by atoms with E-state index in [1.807, 2.05) is 72.8 Å². The molecule has 0 aliphatic rings. The average molecular weight is 567 g/mol. The SMILES string of the molecule is [Pt+2].[c-]1c(/C=c2\[n-]/c(=C\c3ccccn3)c3ccccc23)cccc1-c1ccccn1. The van der Waals surface area contributed by atoms with Crippen molar-refractivity contribution >= 4 is 22.9 Å². The maximum atomic E-state index is 4.90. The van der Waals surface area contributed by atoms with Gasteiger partial charge in [-0.25, -0.2) is 0 Å². The van der Waals surface area contributed by atoms with E-state index in [-0.39, 0.29) is 21.1 Å². The van der Waals surface area contributed by atoms with E-state index in [9.17, 15) is 0 Å². The summed E-state index contributed by atoms with van der Waals surface area (Å²) in [6.07, 6.45) is 7.69. The molecule has 0 saturated carbocycles. The van der Waals surface area contributed by atoms with Gasteiger partial charge >= 0.3 is 21.1 Å². The van der Waals surface area contributed by atoms with E-state index in [2.05, 4.69) is 34.2 Å². The Kier molecular flexibility index (Phi) is 6.01. The van der Waals surface area contributed by atoms with Crippen molar-refractivity contribution in [2.45, 2.75) is 0 Å². The Hall–Kier alpha value is -3.29. The van der Waals surface area contributed by atoms with Crippen molar-refractivity contribution in [1.82, 2.24) is 15.0 Å². The van der Waals surface area contributed by atoms with Crippen LogP contribution in [0.25, 0.3) is 34.2 Å². The Balaban J connectivity index is 0.00000218. The van der Waals surface area contributed by atoms with E-state index in [1.165, 1.54) is 0 Å². The fraction of sp³-hybridized carbons (Fsp3) is 0. The van der Waals surface area contributed by atoms with Crippen LogP contribution in [0.4, 0.5) is 0 Å². The number of rotatable bonds is 3. The molecular formula is C26H17N3Pt. The quantitative estimate of drug-likeness (QED) is 0.313. The van der Waals surface area contributed by atoms with Gasteiger partial charge in [0.2, 0.25) is 0 Å². The number of hydrogen-bond donors (Lipinski definition) is 0. The van der Waals surface area contributed by atoms with Crippen LogP contribution < -0.4 is 15.7 Å². The molecule has 0 atom stereocenters. The van der Waals surface area contributed by atoms with Gasteiger partial charge in [0.1, 0.15) is 0 Å². The Bertz CT molecular complexity index is 1390. The molecule has 30 heavy (non-hydrogen) atoms. The number of aromatic nitrogens is 3. The second kappa shape index (κ2) is 9.02. The Labute approximate surface area is 189 Å². The van der Waals surface area contributed by atoms with Crippen molar-refractivity contribution in [2.75, 3.05) is 0 Å². The molecule has 0 N–H and O–H groups in total. The molecule has 5 rings (SSSR count). The van der Waals surface area contributed by atoms with Crippen LogP contribution in [-0.4, -0.2) is 9.97 Å². The Morgan fingerprint density at radius 2 is 1.37 bits per heavy atom. The van der Waals surface area contributed by atoms with Gasteiger partial charge < -0.3 is 4.98 Å². The number of pyridine rings is 2. The minimum atomic E-state index is 0. The third kappa shape index (κ3) is 4.17. The van der Waals surface area contributed by atoms with Crippen molar-refractivity contribution in [3.8, 4) is 11.3 Å². The van der Waals surface area contributed by atoms with Crippen molar-refractivity contribution in [1.29, 1.82) is 0 Å². The van der Waals surface area contributed by atoms with Crippen LogP contribution in [-0.2, 0) is 21.1 Å². The second-order valence-corrected chi connectivity index (χ2v) is 6.71. The predicted octanol–water partition coefficient (Wildman–Crippen LogP) is 3.71. The molecule has 2 aromatic carbocycles. The van der Waals surface area contributed by atoms with Crippen molar-refractivity contribution in [3.05, 3.63) is 119 Å². The van der Waals surface area contributed by atoms with Crippen LogP contribution in [0, 0.1) is 6.07 Å². The molecular weight excluding hydrogens is 549 g/mol. The molecule has 0 spiro atoms. The second-order valence-electron chi connectivity index (χ2n) is 6.71. The summed E-state index contributed by atoms with van der Waals surface area (Å²) in [6, 6.07) is 29.6. The molecule has 0 fully saturated rings. The smallest absolute Gasteiger partial charge is 0.663 e. The van der Waals surface area contributed by atoms with Gasteiger partial charge in [0.05, 0.1) is 5.69 Å². The van der Waals surface area contributed by atoms with Gasteiger partial charge in [-0.2, -0.15) is 5.35 Å².